The van der Waals surface area contributed by atoms with Gasteiger partial charge in [0, 0.05) is 24.3 Å². The largest absolute Gasteiger partial charge is 0.475 e. The van der Waals surface area contributed by atoms with Gasteiger partial charge in [0.05, 0.1) is 39.1 Å². The van der Waals surface area contributed by atoms with Crippen molar-refractivity contribution < 1.29 is 19.4 Å². The quantitative estimate of drug-likeness (QED) is 0.243. The number of aryl methyl sites for hydroxylation is 1. The maximum absolute atomic E-state index is 13.5. The Labute approximate surface area is 225 Å². The third-order valence-corrected chi connectivity index (χ3v) is 7.95. The number of aromatic nitrogens is 2. The summed E-state index contributed by atoms with van der Waals surface area (Å²) in [6.45, 7) is 9.24. The van der Waals surface area contributed by atoms with Crippen LogP contribution in [0.5, 0.6) is 5.88 Å². The number of thiophene rings is 1. The van der Waals surface area contributed by atoms with Gasteiger partial charge in [-0.3, -0.25) is 15.0 Å². The van der Waals surface area contributed by atoms with Crippen LogP contribution in [0.15, 0.2) is 37.1 Å². The predicted molar refractivity (Wildman–Crippen MR) is 148 cm³/mol. The van der Waals surface area contributed by atoms with E-state index in [9.17, 15) is 14.7 Å². The molecule has 0 bridgehead atoms. The fraction of sp³-hybridized carbons (Fsp3) is 0.407. The van der Waals surface area contributed by atoms with E-state index in [1.165, 1.54) is 17.4 Å². The lowest BCUT2D eigenvalue weighted by Gasteiger charge is -2.34. The van der Waals surface area contributed by atoms with Crippen LogP contribution < -0.4 is 25.6 Å². The summed E-state index contributed by atoms with van der Waals surface area (Å²) < 4.78 is 5.70. The lowest BCUT2D eigenvalue weighted by Crippen LogP contribution is -2.52. The van der Waals surface area contributed by atoms with E-state index in [1.54, 1.807) is 23.2 Å². The number of hydrogen-bond acceptors (Lipinski definition) is 8. The maximum Gasteiger partial charge on any atom is 0.331 e. The fourth-order valence-corrected chi connectivity index (χ4v) is 6.20. The van der Waals surface area contributed by atoms with Crippen molar-refractivity contribution in [3.63, 3.8) is 0 Å². The van der Waals surface area contributed by atoms with Crippen molar-refractivity contribution in [3.8, 4) is 5.88 Å². The zero-order chi connectivity index (χ0) is 27.0. The second-order valence-electron chi connectivity index (χ2n) is 9.82. The summed E-state index contributed by atoms with van der Waals surface area (Å²) in [5.41, 5.74) is 2.49. The smallest absolute Gasteiger partial charge is 0.331 e. The summed E-state index contributed by atoms with van der Waals surface area (Å²) in [4.78, 5) is 37.3. The normalized spacial score (nSPS) is 19.8. The summed E-state index contributed by atoms with van der Waals surface area (Å²) in [5.74, 6) is 0.265. The summed E-state index contributed by atoms with van der Waals surface area (Å²) in [6.07, 6.45) is 5.48. The molecular weight excluding hydrogens is 504 g/mol. The van der Waals surface area contributed by atoms with Crippen molar-refractivity contribution in [3.05, 3.63) is 47.6 Å². The van der Waals surface area contributed by atoms with Crippen molar-refractivity contribution in [2.45, 2.75) is 70.9 Å². The molecule has 1 unspecified atom stereocenters. The zero-order valence-electron chi connectivity index (χ0n) is 21.7. The number of hydrogen-bond donors (Lipinski definition) is 4. The van der Waals surface area contributed by atoms with Gasteiger partial charge in [-0.2, -0.15) is 0 Å². The number of urea groups is 1. The maximum atomic E-state index is 13.5. The minimum atomic E-state index is -1.05. The summed E-state index contributed by atoms with van der Waals surface area (Å²) in [5, 5.41) is 21.3. The van der Waals surface area contributed by atoms with E-state index in [1.807, 2.05) is 26.8 Å². The Balaban J connectivity index is 1.47. The Kier molecular flexibility index (Phi) is 7.33. The first-order chi connectivity index (χ1) is 18.3. The van der Waals surface area contributed by atoms with Crippen LogP contribution in [0, 0.1) is 6.92 Å². The molecule has 0 radical (unpaired) electrons. The van der Waals surface area contributed by atoms with Crippen LogP contribution in [-0.2, 0) is 4.79 Å². The van der Waals surface area contributed by atoms with Crippen LogP contribution in [0.25, 0.3) is 10.2 Å². The van der Waals surface area contributed by atoms with Gasteiger partial charge in [0.15, 0.2) is 0 Å². The standard InChI is InChI=1S/C27H32N6O4S/c1-5-20(34)30-16-8-6-7-9-17(16)31-25(35)24-23-22-19(12-13-28-26(22)38-24)33(27(36)32-23)18-10-11-21(29-15(18)4)37-14(2)3/h5,10-14,16-17,25,31,35H,1,6-9H2,2-4H3,(H,30,34)(H,32,36)/t16-,17+,25?/m0/s1. The topological polar surface area (TPSA) is 129 Å². The number of aliphatic hydroxyl groups excluding tert-OH is 1. The number of aliphatic hydroxyl groups is 1. The van der Waals surface area contributed by atoms with Gasteiger partial charge in [-0.05, 0) is 51.8 Å². The van der Waals surface area contributed by atoms with E-state index in [0.29, 0.717) is 38.3 Å². The molecule has 4 N–H and O–H groups in total. The molecule has 3 atom stereocenters. The molecule has 0 spiro atoms. The Morgan fingerprint density at radius 1 is 1.26 bits per heavy atom. The van der Waals surface area contributed by atoms with Crippen LogP contribution in [0.4, 0.5) is 21.9 Å². The molecule has 1 saturated carbocycles. The van der Waals surface area contributed by atoms with Crippen LogP contribution in [0.2, 0.25) is 0 Å². The SMILES string of the molecule is C=CC(=O)N[C@H]1CCCC[C@H]1NC(O)c1sc2nccc3c2c1NC(=O)N3c1ccc(OC(C)C)nc1C. The highest BCUT2D eigenvalue weighted by Crippen LogP contribution is 2.47. The average Bonchev–Trinajstić information content (AvgIpc) is 3.25. The van der Waals surface area contributed by atoms with Gasteiger partial charge in [0.2, 0.25) is 11.8 Å². The van der Waals surface area contributed by atoms with Crippen molar-refractivity contribution in [1.29, 1.82) is 0 Å². The van der Waals surface area contributed by atoms with Crippen molar-refractivity contribution in [2.75, 3.05) is 10.2 Å². The molecule has 1 aliphatic heterocycles. The summed E-state index contributed by atoms with van der Waals surface area (Å²) >= 11 is 1.33. The van der Waals surface area contributed by atoms with Gasteiger partial charge in [0.1, 0.15) is 11.1 Å². The molecule has 1 fully saturated rings. The number of rotatable bonds is 8. The molecule has 1 aliphatic carbocycles. The predicted octanol–water partition coefficient (Wildman–Crippen LogP) is 4.66. The van der Waals surface area contributed by atoms with E-state index < -0.39 is 6.23 Å². The number of amides is 3. The highest BCUT2D eigenvalue weighted by Gasteiger charge is 2.35. The van der Waals surface area contributed by atoms with Gasteiger partial charge in [-0.1, -0.05) is 19.4 Å². The molecule has 3 aromatic heterocycles. The van der Waals surface area contributed by atoms with Crippen molar-refractivity contribution in [1.82, 2.24) is 20.6 Å². The van der Waals surface area contributed by atoms with Gasteiger partial charge >= 0.3 is 6.03 Å². The van der Waals surface area contributed by atoms with Gasteiger partial charge in [-0.25, -0.2) is 14.8 Å². The molecular formula is C27H32N6O4S. The Bertz CT molecular complexity index is 1390. The van der Waals surface area contributed by atoms with Gasteiger partial charge in [-0.15, -0.1) is 11.3 Å². The third kappa shape index (κ3) is 4.96. The molecule has 0 aromatic carbocycles. The number of carbonyl (C=O) groups is 2. The highest BCUT2D eigenvalue weighted by atomic mass is 32.1. The number of nitrogens with zero attached hydrogens (tertiary/aromatic N) is 3. The van der Waals surface area contributed by atoms with Crippen LogP contribution >= 0.6 is 11.3 Å². The van der Waals surface area contributed by atoms with Crippen molar-refractivity contribution in [2.24, 2.45) is 0 Å². The molecule has 10 nitrogen and oxygen atoms in total. The summed E-state index contributed by atoms with van der Waals surface area (Å²) in [7, 11) is 0. The average molecular weight is 537 g/mol. The number of pyridine rings is 2. The molecule has 3 amide bonds. The minimum Gasteiger partial charge on any atom is -0.475 e. The molecule has 0 saturated heterocycles. The number of carbonyl (C=O) groups excluding carboxylic acids is 2. The molecule has 200 valence electrons. The first-order valence-corrected chi connectivity index (χ1v) is 13.6. The van der Waals surface area contributed by atoms with E-state index in [4.69, 9.17) is 4.74 Å². The molecule has 38 heavy (non-hydrogen) atoms. The molecule has 3 aromatic rings. The Hall–Kier alpha value is -3.54. The van der Waals surface area contributed by atoms with E-state index >= 15 is 0 Å². The van der Waals surface area contributed by atoms with Crippen molar-refractivity contribution >= 4 is 50.6 Å². The van der Waals surface area contributed by atoms with Gasteiger partial charge < -0.3 is 20.5 Å². The Morgan fingerprint density at radius 3 is 2.74 bits per heavy atom. The molecule has 2 aliphatic rings. The first-order valence-electron chi connectivity index (χ1n) is 12.8. The van der Waals surface area contributed by atoms with Crippen LogP contribution in [0.3, 0.4) is 0 Å². The van der Waals surface area contributed by atoms with Gasteiger partial charge in [0.25, 0.3) is 0 Å². The third-order valence-electron chi connectivity index (χ3n) is 6.80. The van der Waals surface area contributed by atoms with E-state index in [2.05, 4.69) is 32.5 Å². The zero-order valence-corrected chi connectivity index (χ0v) is 22.5. The highest BCUT2D eigenvalue weighted by molar-refractivity contribution is 7.19. The van der Waals surface area contributed by atoms with E-state index in [-0.39, 0.29) is 30.1 Å². The minimum absolute atomic E-state index is 0.0141. The van der Waals surface area contributed by atoms with E-state index in [0.717, 1.165) is 31.1 Å². The number of ether oxygens (including phenoxy) is 1. The molecule has 4 heterocycles. The lowest BCUT2D eigenvalue weighted by molar-refractivity contribution is -0.117. The lowest BCUT2D eigenvalue weighted by atomic mass is 9.90. The summed E-state index contributed by atoms with van der Waals surface area (Å²) in [6, 6.07) is 4.77. The molecule has 11 heteroatoms. The van der Waals surface area contributed by atoms with Crippen LogP contribution in [-0.4, -0.2) is 45.2 Å². The monoisotopic (exact) mass is 536 g/mol. The second-order valence-corrected chi connectivity index (χ2v) is 10.8. The van der Waals surface area contributed by atoms with Crippen LogP contribution in [0.1, 0.15) is 56.3 Å². The Morgan fingerprint density at radius 2 is 2.03 bits per heavy atom. The number of anilines is 3. The fourth-order valence-electron chi connectivity index (χ4n) is 5.14. The molecule has 5 rings (SSSR count). The first kappa shape index (κ1) is 26.1. The second kappa shape index (κ2) is 10.7. The number of nitrogens with one attached hydrogen (secondary N) is 3.